The lowest BCUT2D eigenvalue weighted by molar-refractivity contribution is 1.10. The Bertz CT molecular complexity index is 506. The number of aromatic nitrogens is 2. The molecule has 2 rings (SSSR count). The van der Waals surface area contributed by atoms with Crippen molar-refractivity contribution in [1.29, 1.82) is 0 Å². The van der Waals surface area contributed by atoms with Gasteiger partial charge in [0.1, 0.15) is 10.9 Å². The molecule has 0 saturated carbocycles. The Balaban J connectivity index is 3.19. The minimum atomic E-state index is -0.630. The van der Waals surface area contributed by atoms with Gasteiger partial charge in [0, 0.05) is 0 Å². The van der Waals surface area contributed by atoms with Crippen LogP contribution in [0.1, 0.15) is 0 Å². The number of nitrogens with one attached hydrogen (secondary N) is 2. The predicted octanol–water partition coefficient (Wildman–Crippen LogP) is -1.55. The zero-order valence-electron chi connectivity index (χ0n) is 4.72. The van der Waals surface area contributed by atoms with Crippen LogP contribution in [0.3, 0.4) is 0 Å². The first-order valence-electron chi connectivity index (χ1n) is 2.61. The Morgan fingerprint density at radius 2 is 1.70 bits per heavy atom. The molecule has 0 spiro atoms. The standard InChI is InChI=1S/C5H2N2O3/c8-3-1-2(3)6-5(10)7-4(1)9/h(H2,6,7,9,10). The smallest absolute Gasteiger partial charge is 0.303 e. The Morgan fingerprint density at radius 1 is 1.00 bits per heavy atom. The van der Waals surface area contributed by atoms with Crippen LogP contribution >= 0.6 is 0 Å². The van der Waals surface area contributed by atoms with E-state index >= 15 is 0 Å². The average Bonchev–Trinajstić information content (AvgIpc) is 2.42. The predicted molar refractivity (Wildman–Crippen MR) is 33.8 cm³/mol. The molecule has 0 radical (unpaired) electrons. The van der Waals surface area contributed by atoms with Gasteiger partial charge < -0.3 is 4.98 Å². The van der Waals surface area contributed by atoms with Gasteiger partial charge in [-0.1, -0.05) is 0 Å². The van der Waals surface area contributed by atoms with Crippen LogP contribution in [0.25, 0.3) is 10.9 Å². The second kappa shape index (κ2) is 1.26. The summed E-state index contributed by atoms with van der Waals surface area (Å²) in [6.45, 7) is 0. The maximum atomic E-state index is 10.6. The summed E-state index contributed by atoms with van der Waals surface area (Å²) in [5.74, 6) is 0. The van der Waals surface area contributed by atoms with E-state index in [-0.39, 0.29) is 16.3 Å². The molecular weight excluding hydrogens is 136 g/mol. The second-order valence-corrected chi connectivity index (χ2v) is 1.99. The monoisotopic (exact) mass is 138 g/mol. The van der Waals surface area contributed by atoms with Gasteiger partial charge in [0.15, 0.2) is 0 Å². The summed E-state index contributed by atoms with van der Waals surface area (Å²) in [6, 6.07) is 0. The highest BCUT2D eigenvalue weighted by Gasteiger charge is 2.16. The highest BCUT2D eigenvalue weighted by molar-refractivity contribution is 5.92. The summed E-state index contributed by atoms with van der Waals surface area (Å²) < 4.78 is 0. The molecule has 0 fully saturated rings. The maximum Gasteiger partial charge on any atom is 0.326 e. The topological polar surface area (TPSA) is 82.8 Å². The van der Waals surface area contributed by atoms with Gasteiger partial charge in [-0.05, 0) is 0 Å². The van der Waals surface area contributed by atoms with Gasteiger partial charge in [-0.3, -0.25) is 14.6 Å². The molecule has 2 aromatic rings. The summed E-state index contributed by atoms with van der Waals surface area (Å²) in [4.78, 5) is 35.7. The summed E-state index contributed by atoms with van der Waals surface area (Å²) in [5.41, 5.74) is -1.43. The number of hydrogen-bond acceptors (Lipinski definition) is 3. The van der Waals surface area contributed by atoms with Gasteiger partial charge in [0.25, 0.3) is 5.56 Å². The number of H-pyrrole nitrogens is 2. The van der Waals surface area contributed by atoms with Gasteiger partial charge >= 0.3 is 5.69 Å². The highest BCUT2D eigenvalue weighted by atomic mass is 16.2. The van der Waals surface area contributed by atoms with Crippen molar-refractivity contribution in [3.63, 3.8) is 0 Å². The Morgan fingerprint density at radius 3 is 2.30 bits per heavy atom. The zero-order valence-corrected chi connectivity index (χ0v) is 4.72. The van der Waals surface area contributed by atoms with Crippen molar-refractivity contribution in [3.8, 4) is 0 Å². The molecule has 0 amide bonds. The summed E-state index contributed by atoms with van der Waals surface area (Å²) in [5, 5.41) is 0.0830. The van der Waals surface area contributed by atoms with E-state index < -0.39 is 11.2 Å². The minimum Gasteiger partial charge on any atom is -0.303 e. The molecule has 5 heteroatoms. The molecule has 1 aromatic heterocycles. The number of fused-ring (bicyclic) bond motifs is 1. The molecule has 0 aliphatic rings. The molecule has 0 atom stereocenters. The van der Waals surface area contributed by atoms with Crippen LogP contribution < -0.4 is 16.7 Å². The highest BCUT2D eigenvalue weighted by Crippen LogP contribution is 1.98. The molecule has 0 unspecified atom stereocenters. The number of rotatable bonds is 0. The minimum absolute atomic E-state index is 0.0830. The third kappa shape index (κ3) is 0.439. The van der Waals surface area contributed by atoms with Crippen LogP contribution in [0, 0.1) is 0 Å². The first kappa shape index (κ1) is 5.16. The van der Waals surface area contributed by atoms with Crippen LogP contribution in [0.4, 0.5) is 0 Å². The van der Waals surface area contributed by atoms with E-state index in [1.807, 2.05) is 4.98 Å². The number of hydrogen-bond donors (Lipinski definition) is 2. The van der Waals surface area contributed by atoms with E-state index in [0.717, 1.165) is 0 Å². The number of aromatic amines is 2. The lowest BCUT2D eigenvalue weighted by Gasteiger charge is -1.72. The third-order valence-electron chi connectivity index (χ3n) is 1.33. The van der Waals surface area contributed by atoms with Crippen LogP contribution in [-0.4, -0.2) is 9.97 Å². The molecule has 0 saturated heterocycles. The first-order chi connectivity index (χ1) is 4.70. The van der Waals surface area contributed by atoms with E-state index in [2.05, 4.69) is 4.98 Å². The van der Waals surface area contributed by atoms with Crippen molar-refractivity contribution in [2.24, 2.45) is 0 Å². The Labute approximate surface area is 53.0 Å². The van der Waals surface area contributed by atoms with Crippen molar-refractivity contribution in [2.45, 2.75) is 0 Å². The van der Waals surface area contributed by atoms with E-state index in [1.165, 1.54) is 0 Å². The normalized spacial score (nSPS) is 11.2. The van der Waals surface area contributed by atoms with Crippen LogP contribution in [0.5, 0.6) is 0 Å². The largest absolute Gasteiger partial charge is 0.326 e. The van der Waals surface area contributed by atoms with Gasteiger partial charge in [-0.2, -0.15) is 0 Å². The van der Waals surface area contributed by atoms with E-state index in [1.54, 1.807) is 0 Å². The lowest BCUT2D eigenvalue weighted by atomic mass is 10.7. The fraction of sp³-hybridized carbons (Fsp3) is 0. The molecule has 0 bridgehead atoms. The third-order valence-corrected chi connectivity index (χ3v) is 1.33. The Hall–Kier alpha value is -1.65. The molecule has 2 N–H and O–H groups in total. The maximum absolute atomic E-state index is 10.6. The van der Waals surface area contributed by atoms with Crippen molar-refractivity contribution in [1.82, 2.24) is 9.97 Å². The van der Waals surface area contributed by atoms with Crippen LogP contribution in [0.15, 0.2) is 14.4 Å². The molecule has 0 aliphatic carbocycles. The molecule has 0 aliphatic heterocycles. The quantitative estimate of drug-likeness (QED) is 0.462. The van der Waals surface area contributed by atoms with E-state index in [9.17, 15) is 14.4 Å². The van der Waals surface area contributed by atoms with Crippen molar-refractivity contribution in [3.05, 3.63) is 31.1 Å². The second-order valence-electron chi connectivity index (χ2n) is 1.99. The summed E-state index contributed by atoms with van der Waals surface area (Å²) in [7, 11) is 0. The van der Waals surface area contributed by atoms with Crippen molar-refractivity contribution < 1.29 is 0 Å². The van der Waals surface area contributed by atoms with Crippen molar-refractivity contribution in [2.75, 3.05) is 0 Å². The van der Waals surface area contributed by atoms with E-state index in [4.69, 9.17) is 0 Å². The lowest BCUT2D eigenvalue weighted by Crippen LogP contribution is -2.18. The van der Waals surface area contributed by atoms with Gasteiger partial charge in [0.05, 0.1) is 0 Å². The molecule has 50 valence electrons. The fourth-order valence-corrected chi connectivity index (χ4v) is 0.817. The van der Waals surface area contributed by atoms with Gasteiger partial charge in [0.2, 0.25) is 5.43 Å². The molecule has 1 heterocycles. The average molecular weight is 138 g/mol. The summed E-state index contributed by atoms with van der Waals surface area (Å²) in [6.07, 6.45) is 0. The molecule has 1 aromatic carbocycles. The molecule has 10 heavy (non-hydrogen) atoms. The van der Waals surface area contributed by atoms with Gasteiger partial charge in [-0.15, -0.1) is 0 Å². The molecular formula is C5H2N2O3. The van der Waals surface area contributed by atoms with Gasteiger partial charge in [-0.25, -0.2) is 4.79 Å². The SMILES string of the molecule is O=c1[nH]c(=O)c2c(=O)c2[nH]1. The zero-order chi connectivity index (χ0) is 7.30. The van der Waals surface area contributed by atoms with E-state index in [0.29, 0.717) is 0 Å². The van der Waals surface area contributed by atoms with Crippen LogP contribution in [-0.2, 0) is 0 Å². The first-order valence-corrected chi connectivity index (χ1v) is 2.61. The van der Waals surface area contributed by atoms with Crippen LogP contribution in [0.2, 0.25) is 0 Å². The fourth-order valence-electron chi connectivity index (χ4n) is 0.817. The summed E-state index contributed by atoms with van der Waals surface area (Å²) >= 11 is 0. The molecule has 5 nitrogen and oxygen atoms in total. The van der Waals surface area contributed by atoms with Crippen molar-refractivity contribution >= 4 is 10.9 Å². The Kier molecular flexibility index (Phi) is 0.649.